The molecule has 96 valence electrons. The lowest BCUT2D eigenvalue weighted by molar-refractivity contribution is -0.138. The molecule has 0 aromatic carbocycles. The van der Waals surface area contributed by atoms with Crippen LogP contribution in [0, 0.1) is 5.92 Å². The van der Waals surface area contributed by atoms with E-state index in [-0.39, 0.29) is 6.54 Å². The number of carbonyl (C=O) groups is 1. The summed E-state index contributed by atoms with van der Waals surface area (Å²) >= 11 is 0. The second-order valence-corrected chi connectivity index (χ2v) is 4.55. The van der Waals surface area contributed by atoms with Gasteiger partial charge in [-0.25, -0.2) is 0 Å². The van der Waals surface area contributed by atoms with E-state index in [0.717, 1.165) is 25.9 Å². The number of carboxylic acid groups (broad SMARTS) is 1. The van der Waals surface area contributed by atoms with Crippen molar-refractivity contribution in [2.75, 3.05) is 19.6 Å². The molecule has 3 heteroatoms. The molecule has 0 aliphatic carbocycles. The van der Waals surface area contributed by atoms with Gasteiger partial charge in [-0.15, -0.1) is 0 Å². The zero-order chi connectivity index (χ0) is 12.4. The van der Waals surface area contributed by atoms with E-state index in [1.807, 2.05) is 0 Å². The van der Waals surface area contributed by atoms with Crippen molar-refractivity contribution >= 4 is 5.97 Å². The van der Waals surface area contributed by atoms with E-state index in [1.54, 1.807) is 0 Å². The maximum atomic E-state index is 10.7. The Bertz CT molecular complexity index is 183. The Morgan fingerprint density at radius 2 is 1.94 bits per heavy atom. The minimum absolute atomic E-state index is 0.191. The average Bonchev–Trinajstić information content (AvgIpc) is 2.23. The van der Waals surface area contributed by atoms with Gasteiger partial charge in [-0.3, -0.25) is 9.69 Å². The van der Waals surface area contributed by atoms with Crippen molar-refractivity contribution in [1.29, 1.82) is 0 Å². The number of rotatable bonds is 10. The molecule has 1 atom stereocenters. The van der Waals surface area contributed by atoms with E-state index in [1.165, 1.54) is 19.3 Å². The average molecular weight is 229 g/mol. The Balaban J connectivity index is 4.05. The Morgan fingerprint density at radius 1 is 1.25 bits per heavy atom. The first kappa shape index (κ1) is 15.4. The third-order valence-corrected chi connectivity index (χ3v) is 2.96. The Labute approximate surface area is 99.8 Å². The molecular weight excluding hydrogens is 202 g/mol. The van der Waals surface area contributed by atoms with Crippen LogP contribution in [0.1, 0.15) is 52.9 Å². The molecule has 0 aliphatic heterocycles. The lowest BCUT2D eigenvalue weighted by Crippen LogP contribution is -2.34. The van der Waals surface area contributed by atoms with Crippen LogP contribution in [0.4, 0.5) is 0 Å². The molecule has 1 unspecified atom stereocenters. The lowest BCUT2D eigenvalue weighted by Gasteiger charge is -2.25. The molecule has 0 saturated carbocycles. The smallest absolute Gasteiger partial charge is 0.317 e. The number of carboxylic acids is 1. The third kappa shape index (κ3) is 7.69. The van der Waals surface area contributed by atoms with Gasteiger partial charge in [0.1, 0.15) is 0 Å². The summed E-state index contributed by atoms with van der Waals surface area (Å²) in [5.41, 5.74) is 0. The van der Waals surface area contributed by atoms with Crippen molar-refractivity contribution in [2.45, 2.75) is 52.9 Å². The molecule has 0 aromatic heterocycles. The summed E-state index contributed by atoms with van der Waals surface area (Å²) in [4.78, 5) is 12.8. The highest BCUT2D eigenvalue weighted by Crippen LogP contribution is 2.14. The highest BCUT2D eigenvalue weighted by molar-refractivity contribution is 5.69. The molecule has 0 amide bonds. The van der Waals surface area contributed by atoms with Crippen LogP contribution in [-0.4, -0.2) is 35.6 Å². The molecule has 3 nitrogen and oxygen atoms in total. The summed E-state index contributed by atoms with van der Waals surface area (Å²) in [5.74, 6) is -0.0513. The number of nitrogens with zero attached hydrogens (tertiary/aromatic N) is 1. The zero-order valence-electron chi connectivity index (χ0n) is 11.0. The molecule has 0 aliphatic rings. The largest absolute Gasteiger partial charge is 0.480 e. The van der Waals surface area contributed by atoms with Crippen LogP contribution < -0.4 is 0 Å². The van der Waals surface area contributed by atoms with E-state index in [4.69, 9.17) is 5.11 Å². The van der Waals surface area contributed by atoms with Gasteiger partial charge in [-0.1, -0.05) is 40.0 Å². The van der Waals surface area contributed by atoms with E-state index < -0.39 is 5.97 Å². The summed E-state index contributed by atoms with van der Waals surface area (Å²) in [6.45, 7) is 8.53. The molecule has 0 radical (unpaired) electrons. The maximum absolute atomic E-state index is 10.7. The van der Waals surface area contributed by atoms with Gasteiger partial charge in [0.15, 0.2) is 0 Å². The van der Waals surface area contributed by atoms with Gasteiger partial charge in [-0.2, -0.15) is 0 Å². The van der Waals surface area contributed by atoms with E-state index in [0.29, 0.717) is 5.92 Å². The van der Waals surface area contributed by atoms with E-state index in [9.17, 15) is 4.79 Å². The molecule has 0 fully saturated rings. The Hall–Kier alpha value is -0.570. The summed E-state index contributed by atoms with van der Waals surface area (Å²) in [6, 6.07) is 0. The van der Waals surface area contributed by atoms with Gasteiger partial charge in [-0.05, 0) is 25.3 Å². The molecule has 0 bridgehead atoms. The number of aliphatic carboxylic acids is 1. The molecule has 0 heterocycles. The van der Waals surface area contributed by atoms with Gasteiger partial charge < -0.3 is 5.11 Å². The summed E-state index contributed by atoms with van der Waals surface area (Å²) in [7, 11) is 0. The van der Waals surface area contributed by atoms with E-state index in [2.05, 4.69) is 25.7 Å². The molecule has 0 saturated heterocycles. The highest BCUT2D eigenvalue weighted by Gasteiger charge is 2.14. The van der Waals surface area contributed by atoms with Crippen LogP contribution in [-0.2, 0) is 4.79 Å². The number of unbranched alkanes of at least 4 members (excludes halogenated alkanes) is 1. The predicted molar refractivity (Wildman–Crippen MR) is 67.7 cm³/mol. The number of hydrogen-bond acceptors (Lipinski definition) is 2. The van der Waals surface area contributed by atoms with Crippen molar-refractivity contribution in [3.05, 3.63) is 0 Å². The monoisotopic (exact) mass is 229 g/mol. The molecule has 0 aromatic rings. The van der Waals surface area contributed by atoms with Gasteiger partial charge in [0.2, 0.25) is 0 Å². The fourth-order valence-corrected chi connectivity index (χ4v) is 2.02. The standard InChI is InChI=1S/C13H27NO2/c1-4-7-8-12(6-3)10-14(9-5-2)11-13(15)16/h12H,4-11H2,1-3H3,(H,15,16). The van der Waals surface area contributed by atoms with Crippen LogP contribution in [0.5, 0.6) is 0 Å². The number of hydrogen-bond donors (Lipinski definition) is 1. The van der Waals surface area contributed by atoms with Gasteiger partial charge >= 0.3 is 5.97 Å². The summed E-state index contributed by atoms with van der Waals surface area (Å²) in [6.07, 6.45) is 5.89. The second kappa shape index (κ2) is 9.64. The minimum Gasteiger partial charge on any atom is -0.480 e. The first-order valence-corrected chi connectivity index (χ1v) is 6.58. The summed E-state index contributed by atoms with van der Waals surface area (Å²) in [5, 5.41) is 8.83. The van der Waals surface area contributed by atoms with E-state index >= 15 is 0 Å². The van der Waals surface area contributed by atoms with Crippen LogP contribution in [0.3, 0.4) is 0 Å². The van der Waals surface area contributed by atoms with Crippen molar-refractivity contribution in [2.24, 2.45) is 5.92 Å². The molecule has 1 N–H and O–H groups in total. The highest BCUT2D eigenvalue weighted by atomic mass is 16.4. The van der Waals surface area contributed by atoms with Crippen molar-refractivity contribution in [3.63, 3.8) is 0 Å². The predicted octanol–water partition coefficient (Wildman–Crippen LogP) is 3.00. The Morgan fingerprint density at radius 3 is 2.38 bits per heavy atom. The maximum Gasteiger partial charge on any atom is 0.317 e. The van der Waals surface area contributed by atoms with Crippen molar-refractivity contribution in [1.82, 2.24) is 4.90 Å². The first-order chi connectivity index (χ1) is 7.63. The fraction of sp³-hybridized carbons (Fsp3) is 0.923. The fourth-order valence-electron chi connectivity index (χ4n) is 2.02. The quantitative estimate of drug-likeness (QED) is 0.626. The van der Waals surface area contributed by atoms with Gasteiger partial charge in [0, 0.05) is 6.54 Å². The van der Waals surface area contributed by atoms with Crippen LogP contribution in [0.2, 0.25) is 0 Å². The van der Waals surface area contributed by atoms with Crippen LogP contribution in [0.25, 0.3) is 0 Å². The molecular formula is C13H27NO2. The second-order valence-electron chi connectivity index (χ2n) is 4.55. The zero-order valence-corrected chi connectivity index (χ0v) is 11.0. The van der Waals surface area contributed by atoms with Crippen molar-refractivity contribution < 1.29 is 9.90 Å². The van der Waals surface area contributed by atoms with Crippen molar-refractivity contribution in [3.8, 4) is 0 Å². The molecule has 0 spiro atoms. The lowest BCUT2D eigenvalue weighted by atomic mass is 9.98. The van der Waals surface area contributed by atoms with Gasteiger partial charge in [0.05, 0.1) is 6.54 Å². The van der Waals surface area contributed by atoms with Gasteiger partial charge in [0.25, 0.3) is 0 Å². The third-order valence-electron chi connectivity index (χ3n) is 2.96. The minimum atomic E-state index is -0.709. The molecule has 16 heavy (non-hydrogen) atoms. The normalized spacial score (nSPS) is 13.0. The van der Waals surface area contributed by atoms with Crippen LogP contribution in [0.15, 0.2) is 0 Å². The first-order valence-electron chi connectivity index (χ1n) is 6.58. The summed E-state index contributed by atoms with van der Waals surface area (Å²) < 4.78 is 0. The van der Waals surface area contributed by atoms with Crippen LogP contribution >= 0.6 is 0 Å². The SMILES string of the molecule is CCCCC(CC)CN(CCC)CC(=O)O. The molecule has 0 rings (SSSR count). The topological polar surface area (TPSA) is 40.5 Å². The Kier molecular flexibility index (Phi) is 9.30.